The third-order valence-electron chi connectivity index (χ3n) is 7.26. The summed E-state index contributed by atoms with van der Waals surface area (Å²) in [7, 11) is -2.59. The van der Waals surface area contributed by atoms with Crippen LogP contribution in [0.25, 0.3) is 17.5 Å². The molecule has 36 heavy (non-hydrogen) atoms. The second-order valence-electron chi connectivity index (χ2n) is 9.74. The number of amides is 1. The number of pyridine rings is 1. The quantitative estimate of drug-likeness (QED) is 0.607. The van der Waals surface area contributed by atoms with E-state index in [1.807, 2.05) is 24.0 Å². The Morgan fingerprint density at radius 3 is 2.81 bits per heavy atom. The third kappa shape index (κ3) is 5.01. The maximum atomic E-state index is 13.9. The number of fused-ring (bicyclic) bond motifs is 1. The summed E-state index contributed by atoms with van der Waals surface area (Å²) in [5, 5.41) is -0.0873. The Morgan fingerprint density at radius 2 is 2.06 bits per heavy atom. The van der Waals surface area contributed by atoms with Gasteiger partial charge in [-0.2, -0.15) is 4.36 Å². The van der Waals surface area contributed by atoms with Crippen molar-refractivity contribution in [3.63, 3.8) is 0 Å². The van der Waals surface area contributed by atoms with Crippen LogP contribution in [0.15, 0.2) is 28.8 Å². The molecular weight excluding hydrogens is 476 g/mol. The minimum atomic E-state index is -2.59. The van der Waals surface area contributed by atoms with Crippen LogP contribution in [0.3, 0.4) is 0 Å². The van der Waals surface area contributed by atoms with Crippen LogP contribution in [0.2, 0.25) is 0 Å². The third-order valence-corrected chi connectivity index (χ3v) is 9.52. The summed E-state index contributed by atoms with van der Waals surface area (Å²) < 4.78 is 24.2. The summed E-state index contributed by atoms with van der Waals surface area (Å²) in [5.41, 5.74) is 2.94. The number of ether oxygens (including phenoxy) is 1. The highest BCUT2D eigenvalue weighted by Crippen LogP contribution is 2.32. The molecule has 4 heterocycles. The summed E-state index contributed by atoms with van der Waals surface area (Å²) in [6, 6.07) is 3.94. The molecule has 2 saturated heterocycles. The van der Waals surface area contributed by atoms with Crippen LogP contribution in [0.1, 0.15) is 44.4 Å². The fourth-order valence-corrected chi connectivity index (χ4v) is 6.88. The Bertz CT molecular complexity index is 1290. The van der Waals surface area contributed by atoms with E-state index in [1.165, 1.54) is 0 Å². The van der Waals surface area contributed by atoms with E-state index in [-0.39, 0.29) is 17.2 Å². The van der Waals surface area contributed by atoms with Gasteiger partial charge in [0.25, 0.3) is 0 Å². The zero-order chi connectivity index (χ0) is 25.3. The molecule has 1 amide bonds. The molecule has 5 rings (SSSR count). The highest BCUT2D eigenvalue weighted by molar-refractivity contribution is 7.93. The van der Waals surface area contributed by atoms with Crippen LogP contribution in [0.5, 0.6) is 0 Å². The van der Waals surface area contributed by atoms with E-state index in [1.54, 1.807) is 12.5 Å². The van der Waals surface area contributed by atoms with Crippen molar-refractivity contribution in [3.8, 4) is 11.4 Å². The van der Waals surface area contributed by atoms with Crippen molar-refractivity contribution >= 4 is 33.3 Å². The van der Waals surface area contributed by atoms with E-state index in [4.69, 9.17) is 19.1 Å². The molecule has 2 fully saturated rings. The minimum absolute atomic E-state index is 0.0873. The number of aromatic nitrogens is 3. The first-order valence-corrected chi connectivity index (χ1v) is 14.7. The van der Waals surface area contributed by atoms with Crippen LogP contribution in [0, 0.1) is 0 Å². The number of carbonyl (C=O) groups is 1. The summed E-state index contributed by atoms with van der Waals surface area (Å²) in [4.78, 5) is 30.4. The number of allylic oxidation sites excluding steroid dienone is 1. The van der Waals surface area contributed by atoms with Crippen molar-refractivity contribution in [1.29, 1.82) is 0 Å². The van der Waals surface area contributed by atoms with E-state index in [2.05, 4.69) is 29.0 Å². The average molecular weight is 511 g/mol. The Kier molecular flexibility index (Phi) is 7.07. The predicted molar refractivity (Wildman–Crippen MR) is 142 cm³/mol. The fourth-order valence-electron chi connectivity index (χ4n) is 5.18. The smallest absolute Gasteiger partial charge is 0.222 e. The van der Waals surface area contributed by atoms with Crippen LogP contribution in [0.4, 0.5) is 11.6 Å². The molecular formula is C26H34N6O3S. The van der Waals surface area contributed by atoms with E-state index in [0.29, 0.717) is 57.2 Å². The van der Waals surface area contributed by atoms with Crippen LogP contribution in [-0.4, -0.2) is 80.4 Å². The molecule has 2 atom stereocenters. The molecule has 0 spiro atoms. The predicted octanol–water partition coefficient (Wildman–Crippen LogP) is 3.46. The molecule has 2 aromatic heterocycles. The lowest BCUT2D eigenvalue weighted by molar-refractivity contribution is -0.131. The van der Waals surface area contributed by atoms with Gasteiger partial charge < -0.3 is 14.5 Å². The standard InChI is InChI=1S/C26H34N6O3S/c1-4-25(33)31-12-9-19(10-13-31)36(3,34)30-23-16-24(32-14-15-35-17-18(32)2)29-26(28-23)21-8-11-27-22-7-5-6-20(21)22/h5-6,8,11,16,18-19H,4,7,9-10,12-15,17H2,1-3H3/t18-,36?/m1/s1. The molecule has 3 aliphatic rings. The molecule has 1 aliphatic carbocycles. The molecule has 192 valence electrons. The number of rotatable bonds is 5. The van der Waals surface area contributed by atoms with Crippen molar-refractivity contribution in [2.75, 3.05) is 44.0 Å². The van der Waals surface area contributed by atoms with Crippen molar-refractivity contribution < 1.29 is 13.7 Å². The van der Waals surface area contributed by atoms with Gasteiger partial charge in [-0.15, -0.1) is 0 Å². The lowest BCUT2D eigenvalue weighted by atomic mass is 10.1. The van der Waals surface area contributed by atoms with E-state index >= 15 is 0 Å². The van der Waals surface area contributed by atoms with Crippen LogP contribution < -0.4 is 4.90 Å². The second-order valence-corrected chi connectivity index (χ2v) is 12.3. The van der Waals surface area contributed by atoms with Crippen LogP contribution in [-0.2, 0) is 25.7 Å². The van der Waals surface area contributed by atoms with E-state index in [0.717, 1.165) is 35.6 Å². The summed E-state index contributed by atoms with van der Waals surface area (Å²) in [5.74, 6) is 1.91. The number of nitrogens with zero attached hydrogens (tertiary/aromatic N) is 6. The molecule has 0 saturated carbocycles. The highest BCUT2D eigenvalue weighted by atomic mass is 32.2. The van der Waals surface area contributed by atoms with Gasteiger partial charge in [-0.1, -0.05) is 19.1 Å². The van der Waals surface area contributed by atoms with Crippen LogP contribution >= 0.6 is 0 Å². The Labute approximate surface area is 213 Å². The van der Waals surface area contributed by atoms with Gasteiger partial charge in [-0.05, 0) is 25.8 Å². The molecule has 0 aromatic carbocycles. The summed E-state index contributed by atoms with van der Waals surface area (Å²) >= 11 is 0. The Morgan fingerprint density at radius 1 is 1.25 bits per heavy atom. The number of likely N-dealkylation sites (tertiary alicyclic amines) is 1. The Hall–Kier alpha value is -2.85. The molecule has 0 bridgehead atoms. The first-order chi connectivity index (χ1) is 17.4. The van der Waals surface area contributed by atoms with Gasteiger partial charge in [-0.25, -0.2) is 14.2 Å². The van der Waals surface area contributed by atoms with Gasteiger partial charge >= 0.3 is 0 Å². The zero-order valence-corrected chi connectivity index (χ0v) is 22.0. The zero-order valence-electron chi connectivity index (χ0n) is 21.2. The van der Waals surface area contributed by atoms with E-state index in [9.17, 15) is 9.00 Å². The van der Waals surface area contributed by atoms with Gasteiger partial charge in [0, 0.05) is 67.4 Å². The summed E-state index contributed by atoms with van der Waals surface area (Å²) in [6.45, 7) is 7.20. The van der Waals surface area contributed by atoms with E-state index < -0.39 is 9.73 Å². The maximum absolute atomic E-state index is 13.9. The molecule has 1 unspecified atom stereocenters. The molecule has 2 aromatic rings. The second kappa shape index (κ2) is 10.3. The van der Waals surface area contributed by atoms with Gasteiger partial charge in [0.05, 0.1) is 34.7 Å². The first-order valence-electron chi connectivity index (χ1n) is 12.7. The number of anilines is 1. The largest absolute Gasteiger partial charge is 0.377 e. The molecule has 0 N–H and O–H groups in total. The lowest BCUT2D eigenvalue weighted by Crippen LogP contribution is -2.44. The average Bonchev–Trinajstić information content (AvgIpc) is 3.37. The maximum Gasteiger partial charge on any atom is 0.222 e. The minimum Gasteiger partial charge on any atom is -0.377 e. The van der Waals surface area contributed by atoms with Gasteiger partial charge in [-0.3, -0.25) is 9.78 Å². The van der Waals surface area contributed by atoms with Crippen molar-refractivity contribution in [3.05, 3.63) is 35.7 Å². The normalized spacial score (nSPS) is 21.8. The van der Waals surface area contributed by atoms with Gasteiger partial charge in [0.1, 0.15) is 5.82 Å². The van der Waals surface area contributed by atoms with Crippen molar-refractivity contribution in [2.45, 2.75) is 50.8 Å². The molecule has 9 nitrogen and oxygen atoms in total. The lowest BCUT2D eigenvalue weighted by Gasteiger charge is -2.34. The number of hydrogen-bond donors (Lipinski definition) is 0. The number of carbonyl (C=O) groups excluding carboxylic acids is 1. The topological polar surface area (TPSA) is 101 Å². The van der Waals surface area contributed by atoms with Gasteiger partial charge in [0.15, 0.2) is 11.6 Å². The summed E-state index contributed by atoms with van der Waals surface area (Å²) in [6.07, 6.45) is 10.3. The molecule has 10 heteroatoms. The fraction of sp³-hybridized carbons (Fsp3) is 0.538. The number of morpholine rings is 1. The molecule has 2 aliphatic heterocycles. The monoisotopic (exact) mass is 510 g/mol. The molecule has 0 radical (unpaired) electrons. The number of piperidine rings is 1. The highest BCUT2D eigenvalue weighted by Gasteiger charge is 2.28. The van der Waals surface area contributed by atoms with Gasteiger partial charge in [0.2, 0.25) is 5.91 Å². The SMILES string of the molecule is CCC(=O)N1CCC(S(C)(=O)=Nc2cc(N3CCOC[C@H]3C)nc(-c3ccnc4c3C=CC4)n2)CC1. The first kappa shape index (κ1) is 24.8. The van der Waals surface area contributed by atoms with Crippen molar-refractivity contribution in [2.24, 2.45) is 4.36 Å². The Balaban J connectivity index is 1.53. The number of hydrogen-bond acceptors (Lipinski definition) is 8. The van der Waals surface area contributed by atoms with Crippen molar-refractivity contribution in [1.82, 2.24) is 19.9 Å².